The highest BCUT2D eigenvalue weighted by molar-refractivity contribution is 6.31. The maximum atomic E-state index is 6.20. The largest absolute Gasteiger partial charge is 0.337 e. The van der Waals surface area contributed by atoms with Crippen LogP contribution in [0.1, 0.15) is 24.2 Å². The molecule has 2 aromatic heterocycles. The number of rotatable bonds is 5. The van der Waals surface area contributed by atoms with Crippen LogP contribution in [-0.2, 0) is 20.1 Å². The second kappa shape index (κ2) is 5.31. The summed E-state index contributed by atoms with van der Waals surface area (Å²) in [5.41, 5.74) is 1.14. The SMILES string of the molecule is Cn1ccnc1CN(Cc1ccncc1Cl)C1CC1. The number of halogens is 1. The zero-order valence-corrected chi connectivity index (χ0v) is 11.7. The number of imidazole rings is 1. The molecule has 19 heavy (non-hydrogen) atoms. The van der Waals surface area contributed by atoms with Crippen molar-refractivity contribution < 1.29 is 0 Å². The average molecular weight is 277 g/mol. The number of nitrogens with zero attached hydrogens (tertiary/aromatic N) is 4. The van der Waals surface area contributed by atoms with Crippen molar-refractivity contribution in [1.82, 2.24) is 19.4 Å². The Hall–Kier alpha value is -1.39. The lowest BCUT2D eigenvalue weighted by Crippen LogP contribution is -2.26. The summed E-state index contributed by atoms with van der Waals surface area (Å²) in [6, 6.07) is 2.66. The summed E-state index contributed by atoms with van der Waals surface area (Å²) in [6.45, 7) is 1.73. The molecule has 0 aliphatic heterocycles. The van der Waals surface area contributed by atoms with Gasteiger partial charge in [-0.1, -0.05) is 11.6 Å². The van der Waals surface area contributed by atoms with Gasteiger partial charge in [0.2, 0.25) is 0 Å². The first-order valence-electron chi connectivity index (χ1n) is 6.52. The Morgan fingerprint density at radius 1 is 1.37 bits per heavy atom. The minimum Gasteiger partial charge on any atom is -0.337 e. The Morgan fingerprint density at radius 3 is 2.84 bits per heavy atom. The Bertz CT molecular complexity index is 562. The third-order valence-corrected chi connectivity index (χ3v) is 3.90. The Labute approximate surface area is 118 Å². The maximum Gasteiger partial charge on any atom is 0.122 e. The molecule has 0 bridgehead atoms. The van der Waals surface area contributed by atoms with E-state index in [2.05, 4.69) is 19.4 Å². The minimum absolute atomic E-state index is 0.668. The third-order valence-electron chi connectivity index (χ3n) is 3.56. The second-order valence-corrected chi connectivity index (χ2v) is 5.46. The summed E-state index contributed by atoms with van der Waals surface area (Å²) in [5.74, 6) is 1.09. The smallest absolute Gasteiger partial charge is 0.122 e. The van der Waals surface area contributed by atoms with Crippen LogP contribution in [0.5, 0.6) is 0 Å². The summed E-state index contributed by atoms with van der Waals surface area (Å²) < 4.78 is 2.07. The van der Waals surface area contributed by atoms with Crippen molar-refractivity contribution in [2.75, 3.05) is 0 Å². The number of hydrogen-bond donors (Lipinski definition) is 0. The van der Waals surface area contributed by atoms with Gasteiger partial charge in [-0.15, -0.1) is 0 Å². The second-order valence-electron chi connectivity index (χ2n) is 5.06. The molecule has 0 atom stereocenters. The molecule has 0 radical (unpaired) electrons. The van der Waals surface area contributed by atoms with Crippen molar-refractivity contribution in [3.8, 4) is 0 Å². The quantitative estimate of drug-likeness (QED) is 0.842. The highest BCUT2D eigenvalue weighted by Gasteiger charge is 2.30. The van der Waals surface area contributed by atoms with Gasteiger partial charge in [0.15, 0.2) is 0 Å². The average Bonchev–Trinajstić information content (AvgIpc) is 3.17. The molecule has 4 nitrogen and oxygen atoms in total. The van der Waals surface area contributed by atoms with Crippen LogP contribution in [0.4, 0.5) is 0 Å². The van der Waals surface area contributed by atoms with Gasteiger partial charge in [-0.3, -0.25) is 9.88 Å². The van der Waals surface area contributed by atoms with E-state index in [0.717, 1.165) is 29.5 Å². The molecule has 0 aromatic carbocycles. The molecule has 2 aromatic rings. The predicted octanol–water partition coefficient (Wildman–Crippen LogP) is 2.63. The van der Waals surface area contributed by atoms with Crippen molar-refractivity contribution in [1.29, 1.82) is 0 Å². The number of hydrogen-bond acceptors (Lipinski definition) is 3. The van der Waals surface area contributed by atoms with Crippen molar-refractivity contribution in [3.05, 3.63) is 47.3 Å². The van der Waals surface area contributed by atoms with Crippen LogP contribution in [0.3, 0.4) is 0 Å². The standard InChI is InChI=1S/C14H17ClN4/c1-18-7-6-17-14(18)10-19(12-2-3-12)9-11-4-5-16-8-13(11)15/h4-8,12H,2-3,9-10H2,1H3. The lowest BCUT2D eigenvalue weighted by molar-refractivity contribution is 0.237. The first-order chi connectivity index (χ1) is 9.24. The van der Waals surface area contributed by atoms with E-state index in [1.165, 1.54) is 12.8 Å². The third kappa shape index (κ3) is 2.96. The highest BCUT2D eigenvalue weighted by Crippen LogP contribution is 2.30. The van der Waals surface area contributed by atoms with Crippen molar-refractivity contribution in [2.45, 2.75) is 32.0 Å². The van der Waals surface area contributed by atoms with Gasteiger partial charge in [-0.2, -0.15) is 0 Å². The molecule has 1 fully saturated rings. The first kappa shape index (κ1) is 12.6. The molecule has 0 N–H and O–H groups in total. The molecule has 0 saturated heterocycles. The lowest BCUT2D eigenvalue weighted by atomic mass is 10.2. The summed E-state index contributed by atoms with van der Waals surface area (Å²) >= 11 is 6.20. The first-order valence-corrected chi connectivity index (χ1v) is 6.90. The Balaban J connectivity index is 1.75. The lowest BCUT2D eigenvalue weighted by Gasteiger charge is -2.22. The van der Waals surface area contributed by atoms with Gasteiger partial charge >= 0.3 is 0 Å². The molecule has 1 saturated carbocycles. The Kier molecular flexibility index (Phi) is 3.53. The maximum absolute atomic E-state index is 6.20. The molecular formula is C14H17ClN4. The molecule has 0 spiro atoms. The van der Waals surface area contributed by atoms with Crippen LogP contribution >= 0.6 is 11.6 Å². The summed E-state index contributed by atoms with van der Waals surface area (Å²) in [7, 11) is 2.03. The zero-order valence-electron chi connectivity index (χ0n) is 11.0. The molecule has 2 heterocycles. The zero-order chi connectivity index (χ0) is 13.2. The normalized spacial score (nSPS) is 15.1. The summed E-state index contributed by atoms with van der Waals surface area (Å²) in [6.07, 6.45) is 9.88. The van der Waals surface area contributed by atoms with Gasteiger partial charge in [0.1, 0.15) is 5.82 Å². The molecule has 0 unspecified atom stereocenters. The van der Waals surface area contributed by atoms with E-state index < -0.39 is 0 Å². The van der Waals surface area contributed by atoms with E-state index in [9.17, 15) is 0 Å². The molecule has 1 aliphatic carbocycles. The number of pyridine rings is 1. The fourth-order valence-corrected chi connectivity index (χ4v) is 2.41. The molecule has 0 amide bonds. The van der Waals surface area contributed by atoms with Gasteiger partial charge in [0.05, 0.1) is 11.6 Å². The monoisotopic (exact) mass is 276 g/mol. The number of aryl methyl sites for hydroxylation is 1. The minimum atomic E-state index is 0.668. The van der Waals surface area contributed by atoms with E-state index >= 15 is 0 Å². The number of aromatic nitrogens is 3. The summed E-state index contributed by atoms with van der Waals surface area (Å²) in [4.78, 5) is 10.9. The van der Waals surface area contributed by atoms with Gasteiger partial charge in [0.25, 0.3) is 0 Å². The molecule has 100 valence electrons. The van der Waals surface area contributed by atoms with Crippen LogP contribution in [-0.4, -0.2) is 25.5 Å². The molecule has 5 heteroatoms. The fourth-order valence-electron chi connectivity index (χ4n) is 2.24. The van der Waals surface area contributed by atoms with Crippen molar-refractivity contribution >= 4 is 11.6 Å². The van der Waals surface area contributed by atoms with Crippen LogP contribution in [0, 0.1) is 0 Å². The summed E-state index contributed by atoms with van der Waals surface area (Å²) in [5, 5.41) is 0.744. The Morgan fingerprint density at radius 2 is 2.21 bits per heavy atom. The van der Waals surface area contributed by atoms with Crippen molar-refractivity contribution in [2.24, 2.45) is 7.05 Å². The van der Waals surface area contributed by atoms with E-state index in [-0.39, 0.29) is 0 Å². The van der Waals surface area contributed by atoms with E-state index in [1.807, 2.05) is 25.5 Å². The van der Waals surface area contributed by atoms with Crippen LogP contribution in [0.25, 0.3) is 0 Å². The van der Waals surface area contributed by atoms with Crippen LogP contribution in [0.15, 0.2) is 30.9 Å². The molecule has 3 rings (SSSR count). The van der Waals surface area contributed by atoms with E-state index in [0.29, 0.717) is 6.04 Å². The fraction of sp³-hybridized carbons (Fsp3) is 0.429. The van der Waals surface area contributed by atoms with Crippen molar-refractivity contribution in [3.63, 3.8) is 0 Å². The van der Waals surface area contributed by atoms with E-state index in [4.69, 9.17) is 11.6 Å². The van der Waals surface area contributed by atoms with Gasteiger partial charge in [0, 0.05) is 44.4 Å². The predicted molar refractivity (Wildman–Crippen MR) is 74.7 cm³/mol. The van der Waals surface area contributed by atoms with Crippen LogP contribution < -0.4 is 0 Å². The molecule has 1 aliphatic rings. The van der Waals surface area contributed by atoms with Crippen LogP contribution in [0.2, 0.25) is 5.02 Å². The van der Waals surface area contributed by atoms with Gasteiger partial charge < -0.3 is 4.57 Å². The molecular weight excluding hydrogens is 260 g/mol. The van der Waals surface area contributed by atoms with Gasteiger partial charge in [-0.25, -0.2) is 4.98 Å². The van der Waals surface area contributed by atoms with Gasteiger partial charge in [-0.05, 0) is 24.5 Å². The topological polar surface area (TPSA) is 34.0 Å². The van der Waals surface area contributed by atoms with E-state index in [1.54, 1.807) is 12.4 Å². The highest BCUT2D eigenvalue weighted by atomic mass is 35.5.